The van der Waals surface area contributed by atoms with Crippen LogP contribution < -0.4 is 10.1 Å². The van der Waals surface area contributed by atoms with Crippen molar-refractivity contribution in [2.24, 2.45) is 0 Å². The Labute approximate surface area is 163 Å². The zero-order valence-corrected chi connectivity index (χ0v) is 15.9. The first kappa shape index (κ1) is 19.5. The summed E-state index contributed by atoms with van der Waals surface area (Å²) in [4.78, 5) is 27.2. The molecule has 0 atom stereocenters. The molecule has 0 unspecified atom stereocenters. The third-order valence-electron chi connectivity index (χ3n) is 4.33. The maximum atomic E-state index is 12.0. The molecule has 0 spiro atoms. The quantitative estimate of drug-likeness (QED) is 0.548. The van der Waals surface area contributed by atoms with E-state index >= 15 is 0 Å². The molecule has 0 saturated heterocycles. The molecule has 1 heterocycles. The van der Waals surface area contributed by atoms with Crippen molar-refractivity contribution in [1.29, 1.82) is 0 Å². The summed E-state index contributed by atoms with van der Waals surface area (Å²) in [6.45, 7) is 2.06. The Hall–Kier alpha value is -3.28. The van der Waals surface area contributed by atoms with Crippen LogP contribution in [0.25, 0.3) is 10.9 Å². The molecule has 0 aliphatic carbocycles. The Kier molecular flexibility index (Phi) is 6.68. The number of hydrogen-bond acceptors (Lipinski definition) is 4. The highest BCUT2D eigenvalue weighted by Crippen LogP contribution is 2.23. The SMILES string of the molecule is CCOc1ccccc1NC(=O)COC(=O)CCCc1c[nH]c2ccccc12. The number of esters is 1. The summed E-state index contributed by atoms with van der Waals surface area (Å²) in [5.74, 6) is -0.186. The number of rotatable bonds is 9. The summed E-state index contributed by atoms with van der Waals surface area (Å²) in [5, 5.41) is 3.87. The molecule has 3 rings (SSSR count). The van der Waals surface area contributed by atoms with Crippen molar-refractivity contribution in [3.05, 3.63) is 60.3 Å². The van der Waals surface area contributed by atoms with Crippen LogP contribution in [0, 0.1) is 0 Å². The summed E-state index contributed by atoms with van der Waals surface area (Å²) in [6.07, 6.45) is 3.67. The van der Waals surface area contributed by atoms with E-state index in [-0.39, 0.29) is 19.0 Å². The van der Waals surface area contributed by atoms with Crippen LogP contribution in [0.5, 0.6) is 5.75 Å². The van der Waals surface area contributed by atoms with Gasteiger partial charge in [-0.05, 0) is 43.5 Å². The monoisotopic (exact) mass is 380 g/mol. The number of carbonyl (C=O) groups is 2. The molecule has 0 radical (unpaired) electrons. The van der Waals surface area contributed by atoms with Gasteiger partial charge in [-0.25, -0.2) is 0 Å². The van der Waals surface area contributed by atoms with Crippen LogP contribution in [0.2, 0.25) is 0 Å². The lowest BCUT2D eigenvalue weighted by Crippen LogP contribution is -2.21. The first-order valence-corrected chi connectivity index (χ1v) is 9.39. The largest absolute Gasteiger partial charge is 0.492 e. The Morgan fingerprint density at radius 2 is 1.86 bits per heavy atom. The molecule has 1 amide bonds. The van der Waals surface area contributed by atoms with E-state index in [2.05, 4.69) is 16.4 Å². The number of nitrogens with one attached hydrogen (secondary N) is 2. The van der Waals surface area contributed by atoms with E-state index in [0.29, 0.717) is 24.5 Å². The molecule has 28 heavy (non-hydrogen) atoms. The fourth-order valence-electron chi connectivity index (χ4n) is 3.02. The zero-order valence-electron chi connectivity index (χ0n) is 15.9. The highest BCUT2D eigenvalue weighted by Gasteiger charge is 2.11. The number of benzene rings is 2. The lowest BCUT2D eigenvalue weighted by Gasteiger charge is -2.11. The second kappa shape index (κ2) is 9.60. The Morgan fingerprint density at radius 1 is 1.07 bits per heavy atom. The molecular formula is C22H24N2O4. The molecule has 0 aliphatic heterocycles. The van der Waals surface area contributed by atoms with Gasteiger partial charge in [0.05, 0.1) is 12.3 Å². The smallest absolute Gasteiger partial charge is 0.306 e. The number of carbonyl (C=O) groups excluding carboxylic acids is 2. The van der Waals surface area contributed by atoms with E-state index in [4.69, 9.17) is 9.47 Å². The minimum atomic E-state index is -0.392. The minimum Gasteiger partial charge on any atom is -0.492 e. The summed E-state index contributed by atoms with van der Waals surface area (Å²) >= 11 is 0. The zero-order chi connectivity index (χ0) is 19.8. The maximum Gasteiger partial charge on any atom is 0.306 e. The van der Waals surface area contributed by atoms with Crippen LogP contribution >= 0.6 is 0 Å². The second-order valence-corrected chi connectivity index (χ2v) is 6.35. The lowest BCUT2D eigenvalue weighted by molar-refractivity contribution is -0.147. The van der Waals surface area contributed by atoms with Crippen molar-refractivity contribution in [2.75, 3.05) is 18.5 Å². The van der Waals surface area contributed by atoms with Crippen LogP contribution in [0.3, 0.4) is 0 Å². The number of fused-ring (bicyclic) bond motifs is 1. The summed E-state index contributed by atoms with van der Waals surface area (Å²) in [6, 6.07) is 15.2. The second-order valence-electron chi connectivity index (χ2n) is 6.35. The topological polar surface area (TPSA) is 80.4 Å². The van der Waals surface area contributed by atoms with Crippen molar-refractivity contribution >= 4 is 28.5 Å². The predicted molar refractivity (Wildman–Crippen MR) is 108 cm³/mol. The van der Waals surface area contributed by atoms with Crippen molar-refractivity contribution in [3.63, 3.8) is 0 Å². The minimum absolute atomic E-state index is 0.266. The molecule has 6 heteroatoms. The first-order chi connectivity index (χ1) is 13.7. The van der Waals surface area contributed by atoms with E-state index < -0.39 is 5.91 Å². The Balaban J connectivity index is 1.41. The molecule has 1 aromatic heterocycles. The van der Waals surface area contributed by atoms with Crippen LogP contribution in [-0.2, 0) is 20.7 Å². The maximum absolute atomic E-state index is 12.0. The number of aromatic amines is 1. The van der Waals surface area contributed by atoms with Crippen LogP contribution in [-0.4, -0.2) is 30.1 Å². The Bertz CT molecular complexity index is 948. The molecule has 0 saturated carbocycles. The number of hydrogen-bond donors (Lipinski definition) is 2. The molecule has 2 aromatic carbocycles. The number of aromatic nitrogens is 1. The highest BCUT2D eigenvalue weighted by atomic mass is 16.5. The van der Waals surface area contributed by atoms with Crippen LogP contribution in [0.1, 0.15) is 25.3 Å². The van der Waals surface area contributed by atoms with Gasteiger partial charge in [-0.2, -0.15) is 0 Å². The number of amides is 1. The van der Waals surface area contributed by atoms with Gasteiger partial charge < -0.3 is 19.8 Å². The fraction of sp³-hybridized carbons (Fsp3) is 0.273. The molecule has 0 aliphatic rings. The average Bonchev–Trinajstić information content (AvgIpc) is 3.11. The van der Waals surface area contributed by atoms with Gasteiger partial charge in [-0.3, -0.25) is 9.59 Å². The van der Waals surface area contributed by atoms with Crippen LogP contribution in [0.4, 0.5) is 5.69 Å². The van der Waals surface area contributed by atoms with E-state index in [9.17, 15) is 9.59 Å². The molecule has 6 nitrogen and oxygen atoms in total. The normalized spacial score (nSPS) is 10.6. The molecular weight excluding hydrogens is 356 g/mol. The van der Waals surface area contributed by atoms with Crippen LogP contribution in [0.15, 0.2) is 54.7 Å². The van der Waals surface area contributed by atoms with E-state index in [0.717, 1.165) is 11.9 Å². The molecule has 2 N–H and O–H groups in total. The van der Waals surface area contributed by atoms with Gasteiger partial charge >= 0.3 is 5.97 Å². The summed E-state index contributed by atoms with van der Waals surface area (Å²) < 4.78 is 10.5. The van der Waals surface area contributed by atoms with Gasteiger partial charge in [0.25, 0.3) is 5.91 Å². The molecule has 0 bridgehead atoms. The lowest BCUT2D eigenvalue weighted by atomic mass is 10.1. The molecule has 3 aromatic rings. The third kappa shape index (κ3) is 5.13. The third-order valence-corrected chi connectivity index (χ3v) is 4.33. The number of ether oxygens (including phenoxy) is 2. The van der Waals surface area contributed by atoms with E-state index in [1.54, 1.807) is 18.2 Å². The van der Waals surface area contributed by atoms with E-state index in [1.807, 2.05) is 37.4 Å². The predicted octanol–water partition coefficient (Wildman–Crippen LogP) is 4.07. The van der Waals surface area contributed by atoms with Gasteiger partial charge in [-0.15, -0.1) is 0 Å². The number of H-pyrrole nitrogens is 1. The van der Waals surface area contributed by atoms with Crippen molar-refractivity contribution in [3.8, 4) is 5.75 Å². The fourth-order valence-corrected chi connectivity index (χ4v) is 3.02. The number of para-hydroxylation sites is 3. The first-order valence-electron chi connectivity index (χ1n) is 9.39. The highest BCUT2D eigenvalue weighted by molar-refractivity contribution is 5.94. The van der Waals surface area contributed by atoms with Gasteiger partial charge in [0.15, 0.2) is 6.61 Å². The van der Waals surface area contributed by atoms with Gasteiger partial charge in [-0.1, -0.05) is 30.3 Å². The summed E-state index contributed by atoms with van der Waals surface area (Å²) in [7, 11) is 0. The molecule has 146 valence electrons. The number of aryl methyl sites for hydroxylation is 1. The van der Waals surface area contributed by atoms with Crippen molar-refractivity contribution in [1.82, 2.24) is 4.98 Å². The standard InChI is InChI=1S/C22H24N2O4/c1-2-27-20-12-6-5-11-19(20)24-21(25)15-28-22(26)13-7-8-16-14-23-18-10-4-3-9-17(16)18/h3-6,9-12,14,23H,2,7-8,13,15H2,1H3,(H,24,25). The van der Waals surface area contributed by atoms with Gasteiger partial charge in [0.2, 0.25) is 0 Å². The van der Waals surface area contributed by atoms with E-state index in [1.165, 1.54) is 10.9 Å². The van der Waals surface area contributed by atoms with Crippen molar-refractivity contribution < 1.29 is 19.1 Å². The summed E-state index contributed by atoms with van der Waals surface area (Å²) in [5.41, 5.74) is 2.82. The van der Waals surface area contributed by atoms with Gasteiger partial charge in [0, 0.05) is 23.5 Å². The van der Waals surface area contributed by atoms with Crippen molar-refractivity contribution in [2.45, 2.75) is 26.2 Å². The molecule has 0 fully saturated rings. The Morgan fingerprint density at radius 3 is 2.71 bits per heavy atom. The average molecular weight is 380 g/mol. The van der Waals surface area contributed by atoms with Gasteiger partial charge in [0.1, 0.15) is 5.75 Å². The number of anilines is 1.